The van der Waals surface area contributed by atoms with Crippen molar-refractivity contribution < 1.29 is 28.5 Å². The van der Waals surface area contributed by atoms with Crippen LogP contribution in [0.1, 0.15) is 12.8 Å². The van der Waals surface area contributed by atoms with E-state index in [2.05, 4.69) is 9.69 Å². The molecule has 186 valence electrons. The third-order valence-corrected chi connectivity index (χ3v) is 6.15. The van der Waals surface area contributed by atoms with Gasteiger partial charge in [0.25, 0.3) is 0 Å². The van der Waals surface area contributed by atoms with Gasteiger partial charge in [-0.25, -0.2) is 0 Å². The highest BCUT2D eigenvalue weighted by molar-refractivity contribution is 7.10. The first-order valence-electron chi connectivity index (χ1n) is 10.6. The van der Waals surface area contributed by atoms with Crippen LogP contribution in [-0.4, -0.2) is 50.7 Å². The Morgan fingerprint density at radius 3 is 2.20 bits per heavy atom. The van der Waals surface area contributed by atoms with Gasteiger partial charge in [-0.3, -0.25) is 9.59 Å². The molecule has 3 aromatic rings. The number of carbonyl (C=O) groups excluding carboxylic acids is 2. The largest absolute Gasteiger partial charge is 0.495 e. The predicted molar refractivity (Wildman–Crippen MR) is 134 cm³/mol. The van der Waals surface area contributed by atoms with Crippen molar-refractivity contribution in [2.75, 3.05) is 33.8 Å². The molecule has 35 heavy (non-hydrogen) atoms. The minimum absolute atomic E-state index is 0.0183. The van der Waals surface area contributed by atoms with Crippen LogP contribution in [-0.2, 0) is 9.59 Å². The van der Waals surface area contributed by atoms with Gasteiger partial charge in [0.2, 0.25) is 17.6 Å². The summed E-state index contributed by atoms with van der Waals surface area (Å²) in [4.78, 5) is 24.5. The van der Waals surface area contributed by atoms with E-state index in [0.29, 0.717) is 28.7 Å². The summed E-state index contributed by atoms with van der Waals surface area (Å²) in [6.07, 6.45) is 1.91. The van der Waals surface area contributed by atoms with Gasteiger partial charge in [0, 0.05) is 23.7 Å². The zero-order valence-electron chi connectivity index (χ0n) is 19.9. The Morgan fingerprint density at radius 2 is 1.63 bits per heavy atom. The number of aromatic nitrogens is 1. The summed E-state index contributed by atoms with van der Waals surface area (Å²) in [5.41, 5.74) is 14.0. The van der Waals surface area contributed by atoms with E-state index >= 15 is 0 Å². The van der Waals surface area contributed by atoms with Crippen molar-refractivity contribution in [1.29, 1.82) is 0 Å². The topological polar surface area (TPSA) is 148 Å². The lowest BCUT2D eigenvalue weighted by atomic mass is 10.0. The van der Waals surface area contributed by atoms with Crippen LogP contribution >= 0.6 is 11.5 Å². The number of hydrogen-bond donors (Lipinski definition) is 3. The molecule has 0 aliphatic rings. The standard InChI is InChI=1S/C24H28N4O6S/c1-31-18-7-5-13(9-17(18)28-24(30)16(25)6-8-21(26)29)15-12-27-35-23(15)14-10-19(32-2)22(34-4)20(11-14)33-3/h5,7,9-12,16H,6,8,25H2,1-4H3,(H2,26,29)(H,28,30). The first kappa shape index (κ1) is 25.8. The highest BCUT2D eigenvalue weighted by Gasteiger charge is 2.20. The lowest BCUT2D eigenvalue weighted by Crippen LogP contribution is -2.36. The number of nitrogens with one attached hydrogen (secondary N) is 1. The molecule has 3 rings (SSSR count). The number of methoxy groups -OCH3 is 4. The predicted octanol–water partition coefficient (Wildman–Crippen LogP) is 3.04. The van der Waals surface area contributed by atoms with Gasteiger partial charge in [0.15, 0.2) is 11.5 Å². The molecule has 2 aromatic carbocycles. The van der Waals surface area contributed by atoms with Crippen LogP contribution in [0.3, 0.4) is 0 Å². The van der Waals surface area contributed by atoms with Gasteiger partial charge >= 0.3 is 0 Å². The van der Waals surface area contributed by atoms with Gasteiger partial charge in [-0.1, -0.05) is 6.07 Å². The second kappa shape index (κ2) is 11.5. The zero-order chi connectivity index (χ0) is 25.5. The number of rotatable bonds is 11. The van der Waals surface area contributed by atoms with Gasteiger partial charge in [0.1, 0.15) is 5.75 Å². The van der Waals surface area contributed by atoms with Gasteiger partial charge < -0.3 is 35.7 Å². The molecule has 5 N–H and O–H groups in total. The highest BCUT2D eigenvalue weighted by Crippen LogP contribution is 2.45. The smallest absolute Gasteiger partial charge is 0.241 e. The van der Waals surface area contributed by atoms with Crippen molar-refractivity contribution in [2.45, 2.75) is 18.9 Å². The van der Waals surface area contributed by atoms with Crippen LogP contribution in [0, 0.1) is 0 Å². The van der Waals surface area contributed by atoms with Crippen molar-refractivity contribution in [3.8, 4) is 44.6 Å². The van der Waals surface area contributed by atoms with Crippen molar-refractivity contribution in [1.82, 2.24) is 4.37 Å². The molecular formula is C24H28N4O6S. The maximum atomic E-state index is 12.6. The van der Waals surface area contributed by atoms with E-state index in [1.54, 1.807) is 39.7 Å². The van der Waals surface area contributed by atoms with Crippen molar-refractivity contribution in [2.24, 2.45) is 11.5 Å². The quantitative estimate of drug-likeness (QED) is 0.364. The number of nitrogens with zero attached hydrogens (tertiary/aromatic N) is 1. The summed E-state index contributed by atoms with van der Waals surface area (Å²) in [5.74, 6) is 1.03. The van der Waals surface area contributed by atoms with Gasteiger partial charge in [-0.05, 0) is 47.8 Å². The fourth-order valence-electron chi connectivity index (χ4n) is 3.49. The molecule has 0 aliphatic heterocycles. The van der Waals surface area contributed by atoms with E-state index in [4.69, 9.17) is 30.4 Å². The van der Waals surface area contributed by atoms with Gasteiger partial charge in [0.05, 0.1) is 45.0 Å². The third-order valence-electron chi connectivity index (χ3n) is 5.30. The fourth-order valence-corrected chi connectivity index (χ4v) is 4.25. The number of anilines is 1. The summed E-state index contributed by atoms with van der Waals surface area (Å²) < 4.78 is 26.2. The van der Waals surface area contributed by atoms with Crippen molar-refractivity contribution >= 4 is 29.0 Å². The van der Waals surface area contributed by atoms with Gasteiger partial charge in [-0.2, -0.15) is 4.37 Å². The molecule has 11 heteroatoms. The molecule has 0 aliphatic carbocycles. The summed E-state index contributed by atoms with van der Waals surface area (Å²) in [6.45, 7) is 0. The van der Waals surface area contributed by atoms with E-state index < -0.39 is 17.9 Å². The monoisotopic (exact) mass is 500 g/mol. The average molecular weight is 501 g/mol. The first-order chi connectivity index (χ1) is 16.8. The molecule has 0 spiro atoms. The Bertz CT molecular complexity index is 1190. The number of benzene rings is 2. The van der Waals surface area contributed by atoms with E-state index in [-0.39, 0.29) is 12.8 Å². The van der Waals surface area contributed by atoms with Crippen LogP contribution in [0.2, 0.25) is 0 Å². The number of primary amides is 1. The molecule has 0 bridgehead atoms. The van der Waals surface area contributed by atoms with Gasteiger partial charge in [-0.15, -0.1) is 0 Å². The van der Waals surface area contributed by atoms with Crippen molar-refractivity contribution in [3.63, 3.8) is 0 Å². The number of nitrogens with two attached hydrogens (primary N) is 2. The minimum Gasteiger partial charge on any atom is -0.495 e. The van der Waals surface area contributed by atoms with E-state index in [0.717, 1.165) is 21.6 Å². The summed E-state index contributed by atoms with van der Waals surface area (Å²) in [6, 6.07) is 8.20. The lowest BCUT2D eigenvalue weighted by molar-refractivity contribution is -0.119. The summed E-state index contributed by atoms with van der Waals surface area (Å²) >= 11 is 1.31. The van der Waals surface area contributed by atoms with Crippen molar-refractivity contribution in [3.05, 3.63) is 36.5 Å². The molecule has 0 fully saturated rings. The molecule has 1 atom stereocenters. The second-order valence-corrected chi connectivity index (χ2v) is 8.30. The molecule has 1 unspecified atom stereocenters. The van der Waals surface area contributed by atoms with E-state index in [9.17, 15) is 9.59 Å². The first-order valence-corrected chi connectivity index (χ1v) is 11.4. The second-order valence-electron chi connectivity index (χ2n) is 7.50. The Labute approximate surface area is 207 Å². The number of carbonyl (C=O) groups is 2. The SMILES string of the molecule is COc1ccc(-c2cnsc2-c2cc(OC)c(OC)c(OC)c2)cc1NC(=O)C(N)CCC(N)=O. The maximum absolute atomic E-state index is 12.6. The molecule has 0 saturated heterocycles. The number of hydrogen-bond acceptors (Lipinski definition) is 9. The van der Waals surface area contributed by atoms with Crippen LogP contribution < -0.4 is 35.7 Å². The minimum atomic E-state index is -0.895. The molecule has 0 radical (unpaired) electrons. The van der Waals surface area contributed by atoms with Crippen LogP contribution in [0.15, 0.2) is 36.5 Å². The molecule has 10 nitrogen and oxygen atoms in total. The Balaban J connectivity index is 1.98. The average Bonchev–Trinajstić information content (AvgIpc) is 3.36. The maximum Gasteiger partial charge on any atom is 0.241 e. The molecule has 2 amide bonds. The normalized spacial score (nSPS) is 11.5. The van der Waals surface area contributed by atoms with Crippen LogP contribution in [0.5, 0.6) is 23.0 Å². The summed E-state index contributed by atoms with van der Waals surface area (Å²) in [5, 5.41) is 2.78. The van der Waals surface area contributed by atoms with E-state index in [1.807, 2.05) is 18.2 Å². The Morgan fingerprint density at radius 1 is 0.971 bits per heavy atom. The van der Waals surface area contributed by atoms with E-state index in [1.165, 1.54) is 18.6 Å². The number of ether oxygens (including phenoxy) is 4. The Hall–Kier alpha value is -3.83. The molecule has 0 saturated carbocycles. The Kier molecular flexibility index (Phi) is 8.50. The lowest BCUT2D eigenvalue weighted by Gasteiger charge is -2.16. The highest BCUT2D eigenvalue weighted by atomic mass is 32.1. The zero-order valence-corrected chi connectivity index (χ0v) is 20.7. The molecule has 1 heterocycles. The third kappa shape index (κ3) is 5.81. The van der Waals surface area contributed by atoms with Crippen LogP contribution in [0.4, 0.5) is 5.69 Å². The number of amides is 2. The van der Waals surface area contributed by atoms with Crippen LogP contribution in [0.25, 0.3) is 21.6 Å². The summed E-state index contributed by atoms with van der Waals surface area (Å²) in [7, 11) is 6.17. The fraction of sp³-hybridized carbons (Fsp3) is 0.292. The molecule has 1 aromatic heterocycles. The molecular weight excluding hydrogens is 472 g/mol.